The molecule has 108 valence electrons. The van der Waals surface area contributed by atoms with Crippen molar-refractivity contribution in [1.82, 2.24) is 0 Å². The van der Waals surface area contributed by atoms with Crippen LogP contribution in [0.15, 0.2) is 18.5 Å². The van der Waals surface area contributed by atoms with Gasteiger partial charge in [-0.15, -0.1) is 0 Å². The van der Waals surface area contributed by atoms with Crippen molar-refractivity contribution in [2.45, 2.75) is 85.1 Å². The van der Waals surface area contributed by atoms with Crippen molar-refractivity contribution in [3.8, 4) is 0 Å². The summed E-state index contributed by atoms with van der Waals surface area (Å²) in [6.45, 7) is 7.96. The SMILES string of the molecule is CCCCCc1cc[n+](CCC)cc1CCCCC. The van der Waals surface area contributed by atoms with E-state index in [0.717, 1.165) is 6.54 Å². The highest BCUT2D eigenvalue weighted by Gasteiger charge is 2.08. The molecule has 0 N–H and O–H groups in total. The van der Waals surface area contributed by atoms with Gasteiger partial charge < -0.3 is 0 Å². The molecule has 0 atom stereocenters. The van der Waals surface area contributed by atoms with Gasteiger partial charge >= 0.3 is 0 Å². The third-order valence-corrected chi connectivity index (χ3v) is 3.78. The number of unbranched alkanes of at least 4 members (excludes halogenated alkanes) is 4. The molecule has 0 saturated heterocycles. The van der Waals surface area contributed by atoms with Gasteiger partial charge in [0.2, 0.25) is 0 Å². The summed E-state index contributed by atoms with van der Waals surface area (Å²) in [5.74, 6) is 0. The number of nitrogens with zero attached hydrogens (tertiary/aromatic N) is 1. The Labute approximate surface area is 120 Å². The Morgan fingerprint density at radius 3 is 2.00 bits per heavy atom. The van der Waals surface area contributed by atoms with Crippen molar-refractivity contribution >= 4 is 0 Å². The van der Waals surface area contributed by atoms with Gasteiger partial charge in [0.1, 0.15) is 6.54 Å². The fraction of sp³-hybridized carbons (Fsp3) is 0.722. The highest BCUT2D eigenvalue weighted by Crippen LogP contribution is 2.14. The van der Waals surface area contributed by atoms with Gasteiger partial charge in [0.05, 0.1) is 0 Å². The summed E-state index contributed by atoms with van der Waals surface area (Å²) in [4.78, 5) is 0. The smallest absolute Gasteiger partial charge is 0.172 e. The largest absolute Gasteiger partial charge is 0.205 e. The lowest BCUT2D eigenvalue weighted by Gasteiger charge is -2.08. The first-order valence-electron chi connectivity index (χ1n) is 8.32. The molecule has 0 spiro atoms. The summed E-state index contributed by atoms with van der Waals surface area (Å²) in [6.07, 6.45) is 16.4. The van der Waals surface area contributed by atoms with E-state index >= 15 is 0 Å². The first-order valence-corrected chi connectivity index (χ1v) is 8.32. The molecule has 19 heavy (non-hydrogen) atoms. The Balaban J connectivity index is 2.69. The zero-order valence-electron chi connectivity index (χ0n) is 13.3. The van der Waals surface area contributed by atoms with E-state index in [2.05, 4.69) is 43.8 Å². The number of aromatic nitrogens is 1. The monoisotopic (exact) mass is 262 g/mol. The maximum Gasteiger partial charge on any atom is 0.172 e. The van der Waals surface area contributed by atoms with E-state index in [4.69, 9.17) is 0 Å². The lowest BCUT2D eigenvalue weighted by molar-refractivity contribution is -0.697. The second-order valence-corrected chi connectivity index (χ2v) is 5.65. The third-order valence-electron chi connectivity index (χ3n) is 3.78. The molecule has 1 heteroatoms. The maximum atomic E-state index is 2.40. The number of pyridine rings is 1. The van der Waals surface area contributed by atoms with Crippen LogP contribution in [0, 0.1) is 0 Å². The van der Waals surface area contributed by atoms with Crippen LogP contribution >= 0.6 is 0 Å². The quantitative estimate of drug-likeness (QED) is 0.419. The molecule has 1 rings (SSSR count). The minimum atomic E-state index is 1.15. The molecule has 0 unspecified atom stereocenters. The lowest BCUT2D eigenvalue weighted by atomic mass is 9.99. The molecule has 0 saturated carbocycles. The third kappa shape index (κ3) is 6.22. The van der Waals surface area contributed by atoms with Crippen LogP contribution in [0.3, 0.4) is 0 Å². The summed E-state index contributed by atoms with van der Waals surface area (Å²) in [5, 5.41) is 0. The van der Waals surface area contributed by atoms with Gasteiger partial charge in [-0.3, -0.25) is 0 Å². The molecule has 1 aromatic heterocycles. The van der Waals surface area contributed by atoms with Gasteiger partial charge in [-0.1, -0.05) is 46.5 Å². The van der Waals surface area contributed by atoms with Gasteiger partial charge in [0.15, 0.2) is 12.4 Å². The predicted molar refractivity (Wildman–Crippen MR) is 83.4 cm³/mol. The second kappa shape index (κ2) is 10.00. The lowest BCUT2D eigenvalue weighted by Crippen LogP contribution is -2.33. The zero-order chi connectivity index (χ0) is 13.9. The second-order valence-electron chi connectivity index (χ2n) is 5.65. The van der Waals surface area contributed by atoms with Gasteiger partial charge in [-0.05, 0) is 31.2 Å². The van der Waals surface area contributed by atoms with E-state index in [1.807, 2.05) is 0 Å². The van der Waals surface area contributed by atoms with Crippen molar-refractivity contribution in [3.63, 3.8) is 0 Å². The van der Waals surface area contributed by atoms with E-state index in [1.54, 1.807) is 11.1 Å². The summed E-state index contributed by atoms with van der Waals surface area (Å²) in [6, 6.07) is 2.37. The summed E-state index contributed by atoms with van der Waals surface area (Å²) in [5.41, 5.74) is 3.19. The zero-order valence-corrected chi connectivity index (χ0v) is 13.3. The predicted octanol–water partition coefficient (Wildman–Crippen LogP) is 4.85. The molecule has 0 radical (unpaired) electrons. The standard InChI is InChI=1S/C18H32N/c1-4-7-9-11-17-13-15-19(14-6-3)16-18(17)12-10-8-5-2/h13,15-16H,4-12,14H2,1-3H3/q+1. The summed E-state index contributed by atoms with van der Waals surface area (Å²) < 4.78 is 2.37. The van der Waals surface area contributed by atoms with Crippen LogP contribution in [0.1, 0.15) is 76.8 Å². The average molecular weight is 262 g/mol. The van der Waals surface area contributed by atoms with Crippen LogP contribution in [0.2, 0.25) is 0 Å². The van der Waals surface area contributed by atoms with Crippen LogP contribution in [0.4, 0.5) is 0 Å². The molecule has 0 aliphatic carbocycles. The molecule has 0 amide bonds. The molecule has 0 aromatic carbocycles. The van der Waals surface area contributed by atoms with E-state index in [-0.39, 0.29) is 0 Å². The average Bonchev–Trinajstić information content (AvgIpc) is 2.42. The molecule has 0 aliphatic heterocycles. The fourth-order valence-electron chi connectivity index (χ4n) is 2.62. The van der Waals surface area contributed by atoms with Crippen LogP contribution in [-0.4, -0.2) is 0 Å². The van der Waals surface area contributed by atoms with Gasteiger partial charge in [-0.2, -0.15) is 0 Å². The normalized spacial score (nSPS) is 10.9. The Hall–Kier alpha value is -0.850. The Morgan fingerprint density at radius 1 is 0.789 bits per heavy atom. The maximum absolute atomic E-state index is 2.40. The number of hydrogen-bond donors (Lipinski definition) is 0. The summed E-state index contributed by atoms with van der Waals surface area (Å²) >= 11 is 0. The molecule has 0 bridgehead atoms. The van der Waals surface area contributed by atoms with Crippen molar-refractivity contribution < 1.29 is 4.57 Å². The van der Waals surface area contributed by atoms with Crippen LogP contribution in [-0.2, 0) is 19.4 Å². The molecule has 1 nitrogen and oxygen atoms in total. The minimum absolute atomic E-state index is 1.15. The number of hydrogen-bond acceptors (Lipinski definition) is 0. The molecule has 1 heterocycles. The Kier molecular flexibility index (Phi) is 8.53. The van der Waals surface area contributed by atoms with E-state index in [1.165, 1.54) is 57.8 Å². The number of aryl methyl sites for hydroxylation is 3. The van der Waals surface area contributed by atoms with E-state index < -0.39 is 0 Å². The van der Waals surface area contributed by atoms with Crippen molar-refractivity contribution in [2.75, 3.05) is 0 Å². The van der Waals surface area contributed by atoms with Crippen LogP contribution < -0.4 is 4.57 Å². The van der Waals surface area contributed by atoms with Gasteiger partial charge in [0.25, 0.3) is 0 Å². The number of rotatable bonds is 10. The first-order chi connectivity index (χ1) is 9.31. The molecule has 1 aromatic rings. The molecular weight excluding hydrogens is 230 g/mol. The van der Waals surface area contributed by atoms with Crippen molar-refractivity contribution in [1.29, 1.82) is 0 Å². The van der Waals surface area contributed by atoms with E-state index in [9.17, 15) is 0 Å². The van der Waals surface area contributed by atoms with Gasteiger partial charge in [-0.25, -0.2) is 4.57 Å². The highest BCUT2D eigenvalue weighted by atomic mass is 14.9. The molecule has 0 fully saturated rings. The minimum Gasteiger partial charge on any atom is -0.205 e. The van der Waals surface area contributed by atoms with Crippen molar-refractivity contribution in [2.24, 2.45) is 0 Å². The summed E-state index contributed by atoms with van der Waals surface area (Å²) in [7, 11) is 0. The highest BCUT2D eigenvalue weighted by molar-refractivity contribution is 5.21. The first kappa shape index (κ1) is 16.2. The van der Waals surface area contributed by atoms with Gasteiger partial charge in [0, 0.05) is 18.1 Å². The van der Waals surface area contributed by atoms with Crippen LogP contribution in [0.5, 0.6) is 0 Å². The van der Waals surface area contributed by atoms with Crippen molar-refractivity contribution in [3.05, 3.63) is 29.6 Å². The molecular formula is C18H32N+. The topological polar surface area (TPSA) is 3.88 Å². The fourth-order valence-corrected chi connectivity index (χ4v) is 2.62. The molecule has 0 aliphatic rings. The Morgan fingerprint density at radius 2 is 1.42 bits per heavy atom. The van der Waals surface area contributed by atoms with Crippen LogP contribution in [0.25, 0.3) is 0 Å². The Bertz CT molecular complexity index is 344. The van der Waals surface area contributed by atoms with E-state index in [0.29, 0.717) is 0 Å².